The Morgan fingerprint density at radius 2 is 1.52 bits per heavy atom. The summed E-state index contributed by atoms with van der Waals surface area (Å²) in [5.41, 5.74) is -2.57. The second-order valence-electron chi connectivity index (χ2n) is 5.36. The van der Waals surface area contributed by atoms with Crippen LogP contribution in [0.3, 0.4) is 0 Å². The van der Waals surface area contributed by atoms with Crippen LogP contribution in [-0.4, -0.2) is 70.7 Å². The number of carboxylic acids is 1. The van der Waals surface area contributed by atoms with Gasteiger partial charge in [-0.2, -0.15) is 0 Å². The minimum atomic E-state index is -2.72. The molecule has 142 valence electrons. The van der Waals surface area contributed by atoms with E-state index >= 15 is 0 Å². The zero-order valence-electron chi connectivity index (χ0n) is 14.0. The van der Waals surface area contributed by atoms with Crippen molar-refractivity contribution in [2.24, 2.45) is 0 Å². The number of esters is 3. The van der Waals surface area contributed by atoms with E-state index in [1.807, 2.05) is 0 Å². The first-order valence-corrected chi connectivity index (χ1v) is 7.25. The van der Waals surface area contributed by atoms with Gasteiger partial charge in [-0.3, -0.25) is 9.59 Å². The lowest BCUT2D eigenvalue weighted by Crippen LogP contribution is -2.43. The van der Waals surface area contributed by atoms with Gasteiger partial charge in [-0.25, -0.2) is 9.59 Å². The zero-order chi connectivity index (χ0) is 19.6. The standard InChI is InChI=1S/C15H22O10/c1-9(2)13(19)24-5-4-23-11(17)6-15(22,14(20)21)7-12(18)25-8-10(3)16/h10,16,22H,1,4-8H2,2-3H3,(H,20,21). The van der Waals surface area contributed by atoms with Crippen LogP contribution in [0.15, 0.2) is 12.2 Å². The van der Waals surface area contributed by atoms with Crippen molar-refractivity contribution in [1.29, 1.82) is 0 Å². The van der Waals surface area contributed by atoms with Gasteiger partial charge in [-0.1, -0.05) is 6.58 Å². The van der Waals surface area contributed by atoms with Gasteiger partial charge in [0.05, 0.1) is 18.9 Å². The highest BCUT2D eigenvalue weighted by Gasteiger charge is 2.42. The highest BCUT2D eigenvalue weighted by atomic mass is 16.6. The first-order chi connectivity index (χ1) is 11.5. The maximum atomic E-state index is 11.6. The van der Waals surface area contributed by atoms with Gasteiger partial charge in [0.2, 0.25) is 0 Å². The van der Waals surface area contributed by atoms with Crippen LogP contribution >= 0.6 is 0 Å². The van der Waals surface area contributed by atoms with Crippen molar-refractivity contribution in [2.75, 3.05) is 19.8 Å². The van der Waals surface area contributed by atoms with Crippen LogP contribution in [0.5, 0.6) is 0 Å². The van der Waals surface area contributed by atoms with Crippen LogP contribution < -0.4 is 0 Å². The Bertz CT molecular complexity index is 524. The number of hydrogen-bond acceptors (Lipinski definition) is 9. The highest BCUT2D eigenvalue weighted by Crippen LogP contribution is 2.18. The van der Waals surface area contributed by atoms with E-state index in [1.165, 1.54) is 13.8 Å². The number of carbonyl (C=O) groups is 4. The van der Waals surface area contributed by atoms with E-state index in [1.54, 1.807) is 0 Å². The second-order valence-corrected chi connectivity index (χ2v) is 5.36. The molecule has 0 heterocycles. The average Bonchev–Trinajstić information content (AvgIpc) is 2.48. The molecule has 0 aromatic heterocycles. The second kappa shape index (κ2) is 10.4. The van der Waals surface area contributed by atoms with E-state index in [0.717, 1.165) is 0 Å². The van der Waals surface area contributed by atoms with Crippen molar-refractivity contribution in [3.8, 4) is 0 Å². The molecule has 0 aromatic carbocycles. The number of aliphatic hydroxyl groups excluding tert-OH is 1. The van der Waals surface area contributed by atoms with E-state index in [-0.39, 0.29) is 25.4 Å². The Kier molecular flexibility index (Phi) is 9.39. The van der Waals surface area contributed by atoms with E-state index in [9.17, 15) is 24.3 Å². The first-order valence-electron chi connectivity index (χ1n) is 7.25. The third-order valence-electron chi connectivity index (χ3n) is 2.69. The Hall–Kier alpha value is -2.46. The van der Waals surface area contributed by atoms with Crippen molar-refractivity contribution in [1.82, 2.24) is 0 Å². The summed E-state index contributed by atoms with van der Waals surface area (Å²) in [6.07, 6.45) is -2.98. The molecule has 3 N–H and O–H groups in total. The largest absolute Gasteiger partial charge is 0.479 e. The predicted molar refractivity (Wildman–Crippen MR) is 81.2 cm³/mol. The Balaban J connectivity index is 4.46. The number of rotatable bonds is 11. The molecule has 10 nitrogen and oxygen atoms in total. The van der Waals surface area contributed by atoms with Gasteiger partial charge in [0, 0.05) is 5.57 Å². The van der Waals surface area contributed by atoms with Crippen molar-refractivity contribution < 1.29 is 48.7 Å². The lowest BCUT2D eigenvalue weighted by molar-refractivity contribution is -0.174. The molecule has 0 fully saturated rings. The van der Waals surface area contributed by atoms with E-state index in [4.69, 9.17) is 10.2 Å². The van der Waals surface area contributed by atoms with Crippen LogP contribution in [0.1, 0.15) is 26.7 Å². The van der Waals surface area contributed by atoms with E-state index in [2.05, 4.69) is 20.8 Å². The minimum Gasteiger partial charge on any atom is -0.479 e. The summed E-state index contributed by atoms with van der Waals surface area (Å²) in [6.45, 7) is 5.10. The summed E-state index contributed by atoms with van der Waals surface area (Å²) in [4.78, 5) is 45.3. The topological polar surface area (TPSA) is 157 Å². The molecule has 0 bridgehead atoms. The highest BCUT2D eigenvalue weighted by molar-refractivity contribution is 5.89. The summed E-state index contributed by atoms with van der Waals surface area (Å²) in [6, 6.07) is 0. The molecule has 0 aliphatic rings. The average molecular weight is 362 g/mol. The van der Waals surface area contributed by atoms with Gasteiger partial charge >= 0.3 is 23.9 Å². The smallest absolute Gasteiger partial charge is 0.336 e. The number of aliphatic carboxylic acids is 1. The molecule has 0 radical (unpaired) electrons. The lowest BCUT2D eigenvalue weighted by Gasteiger charge is -2.21. The van der Waals surface area contributed by atoms with Crippen LogP contribution in [0.25, 0.3) is 0 Å². The third kappa shape index (κ3) is 9.42. The maximum Gasteiger partial charge on any atom is 0.336 e. The summed E-state index contributed by atoms with van der Waals surface area (Å²) in [5.74, 6) is -4.71. The van der Waals surface area contributed by atoms with Gasteiger partial charge in [-0.15, -0.1) is 0 Å². The number of carbonyl (C=O) groups excluding carboxylic acids is 3. The van der Waals surface area contributed by atoms with Crippen molar-refractivity contribution in [3.05, 3.63) is 12.2 Å². The quantitative estimate of drug-likeness (QED) is 0.183. The van der Waals surface area contributed by atoms with Crippen molar-refractivity contribution >= 4 is 23.9 Å². The predicted octanol–water partition coefficient (Wildman–Crippen LogP) is -0.831. The Morgan fingerprint density at radius 1 is 1.04 bits per heavy atom. The normalized spacial score (nSPS) is 13.9. The van der Waals surface area contributed by atoms with Crippen molar-refractivity contribution in [3.63, 3.8) is 0 Å². The van der Waals surface area contributed by atoms with Crippen LogP contribution in [0.4, 0.5) is 0 Å². The lowest BCUT2D eigenvalue weighted by atomic mass is 9.96. The molecule has 0 aromatic rings. The minimum absolute atomic E-state index is 0.155. The molecule has 0 aliphatic carbocycles. The fourth-order valence-corrected chi connectivity index (χ4v) is 1.42. The summed E-state index contributed by atoms with van der Waals surface area (Å²) in [7, 11) is 0. The third-order valence-corrected chi connectivity index (χ3v) is 2.69. The van der Waals surface area contributed by atoms with Crippen LogP contribution in [0, 0.1) is 0 Å². The Morgan fingerprint density at radius 3 is 1.96 bits per heavy atom. The fraction of sp³-hybridized carbons (Fsp3) is 0.600. The van der Waals surface area contributed by atoms with Gasteiger partial charge < -0.3 is 29.5 Å². The molecule has 10 heteroatoms. The van der Waals surface area contributed by atoms with Crippen LogP contribution in [0.2, 0.25) is 0 Å². The molecule has 0 saturated carbocycles. The molecule has 0 spiro atoms. The van der Waals surface area contributed by atoms with Crippen molar-refractivity contribution in [2.45, 2.75) is 38.4 Å². The molecule has 2 unspecified atom stereocenters. The first kappa shape index (κ1) is 22.5. The molecule has 0 aliphatic heterocycles. The summed E-state index contributed by atoms with van der Waals surface area (Å²) < 4.78 is 13.8. The zero-order valence-corrected chi connectivity index (χ0v) is 14.0. The van der Waals surface area contributed by atoms with E-state index < -0.39 is 48.4 Å². The Labute approximate surface area is 144 Å². The molecular formula is C15H22O10. The number of carboxylic acid groups (broad SMARTS) is 1. The summed E-state index contributed by atoms with van der Waals surface area (Å²) in [5, 5.41) is 27.9. The molecule has 25 heavy (non-hydrogen) atoms. The maximum absolute atomic E-state index is 11.6. The van der Waals surface area contributed by atoms with Gasteiger partial charge in [-0.05, 0) is 13.8 Å². The number of hydrogen-bond donors (Lipinski definition) is 3. The summed E-state index contributed by atoms with van der Waals surface area (Å²) >= 11 is 0. The van der Waals surface area contributed by atoms with Gasteiger partial charge in [0.25, 0.3) is 0 Å². The molecule has 0 saturated heterocycles. The monoisotopic (exact) mass is 362 g/mol. The molecule has 0 amide bonds. The number of ether oxygens (including phenoxy) is 3. The molecule has 2 atom stereocenters. The van der Waals surface area contributed by atoms with Gasteiger partial charge in [0.15, 0.2) is 5.60 Å². The fourth-order valence-electron chi connectivity index (χ4n) is 1.42. The number of aliphatic hydroxyl groups is 2. The van der Waals surface area contributed by atoms with Gasteiger partial charge in [0.1, 0.15) is 19.8 Å². The van der Waals surface area contributed by atoms with Crippen LogP contribution in [-0.2, 0) is 33.4 Å². The van der Waals surface area contributed by atoms with E-state index in [0.29, 0.717) is 0 Å². The molecule has 0 rings (SSSR count). The SMILES string of the molecule is C=C(C)C(=O)OCCOC(=O)CC(O)(CC(=O)OCC(C)O)C(=O)O. The molecular weight excluding hydrogens is 340 g/mol.